The van der Waals surface area contributed by atoms with Gasteiger partial charge in [0.25, 0.3) is 0 Å². The minimum absolute atomic E-state index is 0.156. The van der Waals surface area contributed by atoms with Gasteiger partial charge in [-0.15, -0.1) is 0 Å². The van der Waals surface area contributed by atoms with Gasteiger partial charge in [0, 0.05) is 19.3 Å². The van der Waals surface area contributed by atoms with E-state index in [1.165, 1.54) is 0 Å². The Kier molecular flexibility index (Phi) is 3.16. The lowest BCUT2D eigenvalue weighted by atomic mass is 10.0. The second kappa shape index (κ2) is 4.60. The number of nitrogen functional groups attached to an aromatic ring is 1. The van der Waals surface area contributed by atoms with Crippen molar-refractivity contribution in [1.82, 2.24) is 4.98 Å². The smallest absolute Gasteiger partial charge is 0.150 e. The van der Waals surface area contributed by atoms with E-state index in [9.17, 15) is 0 Å². The standard InChI is InChI=1S/C12H16N4O/c1-12(4-2-6-17-12)8-16-11-10(14)9(7-13)3-5-15-11/h3,5H,2,4,6,8,14H2,1H3,(H,15,16). The number of ether oxygens (including phenoxy) is 1. The average Bonchev–Trinajstić information content (AvgIpc) is 2.75. The number of nitrogens with one attached hydrogen (secondary N) is 1. The van der Waals surface area contributed by atoms with Crippen molar-refractivity contribution < 1.29 is 4.74 Å². The fourth-order valence-corrected chi connectivity index (χ4v) is 1.96. The molecule has 0 aliphatic carbocycles. The van der Waals surface area contributed by atoms with Gasteiger partial charge in [-0.25, -0.2) is 4.98 Å². The fraction of sp³-hybridized carbons (Fsp3) is 0.500. The van der Waals surface area contributed by atoms with Crippen molar-refractivity contribution in [3.8, 4) is 6.07 Å². The molecular weight excluding hydrogens is 216 g/mol. The van der Waals surface area contributed by atoms with Gasteiger partial charge >= 0.3 is 0 Å². The molecule has 0 amide bonds. The molecule has 0 radical (unpaired) electrons. The first-order valence-electron chi connectivity index (χ1n) is 5.67. The Balaban J connectivity index is 2.07. The summed E-state index contributed by atoms with van der Waals surface area (Å²) >= 11 is 0. The summed E-state index contributed by atoms with van der Waals surface area (Å²) in [6, 6.07) is 3.64. The molecule has 2 rings (SSSR count). The molecule has 1 aliphatic rings. The normalized spacial score (nSPS) is 23.3. The molecular formula is C12H16N4O. The molecule has 1 unspecified atom stereocenters. The van der Waals surface area contributed by atoms with Crippen molar-refractivity contribution in [2.24, 2.45) is 0 Å². The summed E-state index contributed by atoms with van der Waals surface area (Å²) in [5.74, 6) is 0.556. The highest BCUT2D eigenvalue weighted by molar-refractivity contribution is 5.68. The summed E-state index contributed by atoms with van der Waals surface area (Å²) in [4.78, 5) is 4.14. The maximum Gasteiger partial charge on any atom is 0.150 e. The van der Waals surface area contributed by atoms with E-state index in [-0.39, 0.29) is 5.60 Å². The van der Waals surface area contributed by atoms with E-state index < -0.39 is 0 Å². The van der Waals surface area contributed by atoms with Crippen LogP contribution in [0.4, 0.5) is 11.5 Å². The van der Waals surface area contributed by atoms with E-state index in [1.54, 1.807) is 12.3 Å². The van der Waals surface area contributed by atoms with Crippen molar-refractivity contribution in [3.05, 3.63) is 17.8 Å². The zero-order valence-corrected chi connectivity index (χ0v) is 9.86. The highest BCUT2D eigenvalue weighted by Gasteiger charge is 2.29. The lowest BCUT2D eigenvalue weighted by Gasteiger charge is -2.24. The molecule has 0 aromatic carbocycles. The quantitative estimate of drug-likeness (QED) is 0.825. The molecule has 1 atom stereocenters. The van der Waals surface area contributed by atoms with Gasteiger partial charge in [-0.05, 0) is 25.8 Å². The van der Waals surface area contributed by atoms with Crippen LogP contribution in [0.25, 0.3) is 0 Å². The summed E-state index contributed by atoms with van der Waals surface area (Å²) in [5, 5.41) is 12.0. The van der Waals surface area contributed by atoms with Gasteiger partial charge in [0.15, 0.2) is 5.82 Å². The molecule has 0 spiro atoms. The highest BCUT2D eigenvalue weighted by atomic mass is 16.5. The van der Waals surface area contributed by atoms with Gasteiger partial charge in [-0.2, -0.15) is 5.26 Å². The Morgan fingerprint density at radius 3 is 3.18 bits per heavy atom. The number of anilines is 2. The zero-order valence-electron chi connectivity index (χ0n) is 9.86. The monoisotopic (exact) mass is 232 g/mol. The van der Waals surface area contributed by atoms with Gasteiger partial charge in [-0.1, -0.05) is 0 Å². The number of nitrogens with two attached hydrogens (primary N) is 1. The zero-order chi connectivity index (χ0) is 12.3. The van der Waals surface area contributed by atoms with E-state index in [4.69, 9.17) is 15.7 Å². The third-order valence-corrected chi connectivity index (χ3v) is 3.04. The largest absolute Gasteiger partial charge is 0.395 e. The molecule has 0 bridgehead atoms. The van der Waals surface area contributed by atoms with Gasteiger partial charge in [0.1, 0.15) is 6.07 Å². The minimum Gasteiger partial charge on any atom is -0.395 e. The summed E-state index contributed by atoms with van der Waals surface area (Å²) in [7, 11) is 0. The van der Waals surface area contributed by atoms with Crippen LogP contribution in [0.15, 0.2) is 12.3 Å². The van der Waals surface area contributed by atoms with Crippen molar-refractivity contribution in [1.29, 1.82) is 5.26 Å². The van der Waals surface area contributed by atoms with Crippen LogP contribution in [0.3, 0.4) is 0 Å². The van der Waals surface area contributed by atoms with Gasteiger partial charge in [-0.3, -0.25) is 0 Å². The Hall–Kier alpha value is -1.80. The van der Waals surface area contributed by atoms with Crippen LogP contribution in [0.1, 0.15) is 25.3 Å². The lowest BCUT2D eigenvalue weighted by molar-refractivity contribution is 0.0315. The molecule has 5 heteroatoms. The Labute approximate surface area is 101 Å². The average molecular weight is 232 g/mol. The van der Waals surface area contributed by atoms with Crippen LogP contribution in [0.5, 0.6) is 0 Å². The number of nitrogens with zero attached hydrogens (tertiary/aromatic N) is 2. The topological polar surface area (TPSA) is 84.0 Å². The molecule has 0 saturated carbocycles. The van der Waals surface area contributed by atoms with Crippen molar-refractivity contribution in [2.75, 3.05) is 24.2 Å². The van der Waals surface area contributed by atoms with Crippen molar-refractivity contribution in [2.45, 2.75) is 25.4 Å². The van der Waals surface area contributed by atoms with Gasteiger partial charge in [0.2, 0.25) is 0 Å². The number of hydrogen-bond acceptors (Lipinski definition) is 5. The summed E-state index contributed by atoms with van der Waals surface area (Å²) in [6.45, 7) is 3.52. The van der Waals surface area contributed by atoms with E-state index in [0.29, 0.717) is 23.6 Å². The first-order chi connectivity index (χ1) is 8.14. The predicted octanol–water partition coefficient (Wildman–Crippen LogP) is 1.52. The molecule has 1 aromatic heterocycles. The fourth-order valence-electron chi connectivity index (χ4n) is 1.96. The number of pyridine rings is 1. The molecule has 1 fully saturated rings. The molecule has 17 heavy (non-hydrogen) atoms. The second-order valence-corrected chi connectivity index (χ2v) is 4.49. The van der Waals surface area contributed by atoms with Crippen molar-refractivity contribution >= 4 is 11.5 Å². The van der Waals surface area contributed by atoms with E-state index in [1.807, 2.05) is 6.07 Å². The first kappa shape index (κ1) is 11.7. The molecule has 2 heterocycles. The molecule has 3 N–H and O–H groups in total. The molecule has 1 aliphatic heterocycles. The molecule has 90 valence electrons. The van der Waals surface area contributed by atoms with Crippen LogP contribution >= 0.6 is 0 Å². The molecule has 1 aromatic rings. The van der Waals surface area contributed by atoms with Crippen LogP contribution in [-0.4, -0.2) is 23.7 Å². The minimum atomic E-state index is -0.156. The van der Waals surface area contributed by atoms with E-state index >= 15 is 0 Å². The Morgan fingerprint density at radius 1 is 1.71 bits per heavy atom. The Morgan fingerprint density at radius 2 is 2.53 bits per heavy atom. The summed E-state index contributed by atoms with van der Waals surface area (Å²) in [6.07, 6.45) is 3.69. The predicted molar refractivity (Wildman–Crippen MR) is 65.4 cm³/mol. The van der Waals surface area contributed by atoms with Crippen LogP contribution in [0, 0.1) is 11.3 Å². The lowest BCUT2D eigenvalue weighted by Crippen LogP contribution is -2.33. The van der Waals surface area contributed by atoms with E-state index in [0.717, 1.165) is 19.4 Å². The SMILES string of the molecule is CC1(CNc2nccc(C#N)c2N)CCCO1. The van der Waals surface area contributed by atoms with E-state index in [2.05, 4.69) is 17.2 Å². The highest BCUT2D eigenvalue weighted by Crippen LogP contribution is 2.26. The third-order valence-electron chi connectivity index (χ3n) is 3.04. The van der Waals surface area contributed by atoms with Crippen LogP contribution < -0.4 is 11.1 Å². The van der Waals surface area contributed by atoms with Gasteiger partial charge in [0.05, 0.1) is 16.9 Å². The molecule has 5 nitrogen and oxygen atoms in total. The van der Waals surface area contributed by atoms with Crippen LogP contribution in [-0.2, 0) is 4.74 Å². The second-order valence-electron chi connectivity index (χ2n) is 4.49. The third kappa shape index (κ3) is 2.48. The summed E-state index contributed by atoms with van der Waals surface area (Å²) < 4.78 is 5.66. The number of rotatable bonds is 3. The maximum atomic E-state index is 8.86. The van der Waals surface area contributed by atoms with Gasteiger partial charge < -0.3 is 15.8 Å². The summed E-state index contributed by atoms with van der Waals surface area (Å²) in [5.41, 5.74) is 6.52. The number of aromatic nitrogens is 1. The number of nitriles is 1. The molecule has 1 saturated heterocycles. The Bertz CT molecular complexity index is 446. The maximum absolute atomic E-state index is 8.86. The first-order valence-corrected chi connectivity index (χ1v) is 5.67. The number of hydrogen-bond donors (Lipinski definition) is 2. The van der Waals surface area contributed by atoms with Crippen LogP contribution in [0.2, 0.25) is 0 Å². The van der Waals surface area contributed by atoms with Crippen molar-refractivity contribution in [3.63, 3.8) is 0 Å².